The third-order valence-electron chi connectivity index (χ3n) is 5.92. The van der Waals surface area contributed by atoms with Crippen LogP contribution in [0.2, 0.25) is 0 Å². The highest BCUT2D eigenvalue weighted by molar-refractivity contribution is 7.80. The summed E-state index contributed by atoms with van der Waals surface area (Å²) in [7, 11) is 1.37. The molecule has 34 heavy (non-hydrogen) atoms. The van der Waals surface area contributed by atoms with E-state index in [4.69, 9.17) is 21.4 Å². The van der Waals surface area contributed by atoms with Crippen LogP contribution in [0.3, 0.4) is 0 Å². The Kier molecular flexibility index (Phi) is 5.86. The van der Waals surface area contributed by atoms with Crippen LogP contribution in [0.1, 0.15) is 39.5 Å². The van der Waals surface area contributed by atoms with E-state index in [0.29, 0.717) is 16.4 Å². The fourth-order valence-corrected chi connectivity index (χ4v) is 4.53. The minimum atomic E-state index is -0.371. The summed E-state index contributed by atoms with van der Waals surface area (Å²) in [6.07, 6.45) is 1.78. The Morgan fingerprint density at radius 3 is 2.47 bits per heavy atom. The summed E-state index contributed by atoms with van der Waals surface area (Å²) in [5.41, 5.74) is 4.39. The number of ether oxygens (including phenoxy) is 1. The fourth-order valence-electron chi connectivity index (χ4n) is 4.18. The highest BCUT2D eigenvalue weighted by Crippen LogP contribution is 2.42. The van der Waals surface area contributed by atoms with Crippen LogP contribution >= 0.6 is 12.2 Å². The first-order chi connectivity index (χ1) is 16.5. The molecule has 1 N–H and O–H groups in total. The first kappa shape index (κ1) is 21.9. The van der Waals surface area contributed by atoms with Gasteiger partial charge >= 0.3 is 5.97 Å². The van der Waals surface area contributed by atoms with E-state index in [1.165, 1.54) is 12.7 Å². The Morgan fingerprint density at radius 1 is 1.03 bits per heavy atom. The van der Waals surface area contributed by atoms with Crippen LogP contribution in [0.5, 0.6) is 0 Å². The van der Waals surface area contributed by atoms with Crippen molar-refractivity contribution in [2.45, 2.75) is 19.0 Å². The summed E-state index contributed by atoms with van der Waals surface area (Å²) in [5, 5.41) is 4.06. The van der Waals surface area contributed by atoms with Gasteiger partial charge in [0, 0.05) is 17.4 Å². The molecule has 2 aromatic carbocycles. The van der Waals surface area contributed by atoms with E-state index in [-0.39, 0.29) is 18.1 Å². The van der Waals surface area contributed by atoms with E-state index >= 15 is 0 Å². The molecule has 1 saturated heterocycles. The van der Waals surface area contributed by atoms with Crippen molar-refractivity contribution in [3.8, 4) is 11.3 Å². The van der Waals surface area contributed by atoms with Crippen LogP contribution in [-0.2, 0) is 4.74 Å². The second kappa shape index (κ2) is 9.11. The van der Waals surface area contributed by atoms with Gasteiger partial charge in [-0.25, -0.2) is 4.79 Å². The maximum absolute atomic E-state index is 11.8. The second-order valence-electron chi connectivity index (χ2n) is 8.10. The maximum Gasteiger partial charge on any atom is 0.337 e. The number of carbonyl (C=O) groups is 1. The molecule has 2 atom stereocenters. The number of thiocarbonyl (C=S) groups is 1. The van der Waals surface area contributed by atoms with Crippen LogP contribution in [-0.4, -0.2) is 23.2 Å². The number of carbonyl (C=O) groups excluding carboxylic acids is 1. The summed E-state index contributed by atoms with van der Waals surface area (Å²) in [4.78, 5) is 18.4. The predicted octanol–water partition coefficient (Wildman–Crippen LogP) is 5.61. The van der Waals surface area contributed by atoms with Crippen molar-refractivity contribution < 1.29 is 13.9 Å². The monoisotopic (exact) mass is 469 g/mol. The molecular formula is C27H23N3O3S. The Bertz CT molecular complexity index is 1320. The average Bonchev–Trinajstić information content (AvgIpc) is 3.49. The zero-order valence-electron chi connectivity index (χ0n) is 18.8. The normalized spacial score (nSPS) is 17.5. The molecule has 6 nitrogen and oxygen atoms in total. The number of aromatic nitrogens is 1. The number of furan rings is 1. The van der Waals surface area contributed by atoms with Crippen LogP contribution in [0, 0.1) is 6.92 Å². The van der Waals surface area contributed by atoms with E-state index < -0.39 is 0 Å². The molecule has 1 fully saturated rings. The Hall–Kier alpha value is -3.97. The quantitative estimate of drug-likeness (QED) is 0.301. The second-order valence-corrected chi connectivity index (χ2v) is 8.49. The number of benzene rings is 2. The zero-order chi connectivity index (χ0) is 23.7. The van der Waals surface area contributed by atoms with Crippen molar-refractivity contribution >= 4 is 29.0 Å². The summed E-state index contributed by atoms with van der Waals surface area (Å²) >= 11 is 5.76. The molecule has 0 spiro atoms. The van der Waals surface area contributed by atoms with Crippen molar-refractivity contribution in [3.63, 3.8) is 0 Å². The number of anilines is 1. The zero-order valence-corrected chi connectivity index (χ0v) is 19.6. The van der Waals surface area contributed by atoms with E-state index in [0.717, 1.165) is 22.7 Å². The standard InChI is InChI=1S/C27H23N3O3S/c1-17-6-12-20(13-7-17)30-25(24(29-27(30)34)21-5-3-4-16-28-21)23-15-14-22(33-23)18-8-10-19(11-9-18)26(31)32-2/h3-16,24-25H,1-2H3,(H,29,34)/t24-,25-/m1/s1. The molecular weight excluding hydrogens is 446 g/mol. The lowest BCUT2D eigenvalue weighted by Gasteiger charge is -2.26. The van der Waals surface area contributed by atoms with Gasteiger partial charge in [-0.2, -0.15) is 0 Å². The number of rotatable bonds is 5. The first-order valence-electron chi connectivity index (χ1n) is 10.9. The number of nitrogens with one attached hydrogen (secondary N) is 1. The third-order valence-corrected chi connectivity index (χ3v) is 6.23. The Labute approximate surface area is 203 Å². The number of aryl methyl sites for hydroxylation is 1. The minimum Gasteiger partial charge on any atom is -0.465 e. The lowest BCUT2D eigenvalue weighted by Crippen LogP contribution is -2.29. The number of esters is 1. The van der Waals surface area contributed by atoms with Gasteiger partial charge in [0.15, 0.2) is 5.11 Å². The van der Waals surface area contributed by atoms with Gasteiger partial charge in [-0.05, 0) is 67.7 Å². The van der Waals surface area contributed by atoms with Crippen LogP contribution in [0.15, 0.2) is 89.5 Å². The van der Waals surface area contributed by atoms with Crippen LogP contribution in [0.4, 0.5) is 5.69 Å². The van der Waals surface area contributed by atoms with Gasteiger partial charge in [0.2, 0.25) is 0 Å². The molecule has 0 saturated carbocycles. The van der Waals surface area contributed by atoms with Crippen molar-refractivity contribution in [1.82, 2.24) is 10.3 Å². The number of pyridine rings is 1. The van der Waals surface area contributed by atoms with Gasteiger partial charge in [-0.1, -0.05) is 35.9 Å². The summed E-state index contributed by atoms with van der Waals surface area (Å²) in [5.74, 6) is 1.09. The molecule has 4 aromatic rings. The van der Waals surface area contributed by atoms with Crippen molar-refractivity contribution in [2.75, 3.05) is 12.0 Å². The SMILES string of the molecule is COC(=O)c1ccc(-c2ccc([C@@H]3[C@@H](c4ccccn4)NC(=S)N3c3ccc(C)cc3)o2)cc1. The summed E-state index contributed by atoms with van der Waals surface area (Å²) in [6.45, 7) is 2.06. The van der Waals surface area contributed by atoms with Gasteiger partial charge in [-0.15, -0.1) is 0 Å². The van der Waals surface area contributed by atoms with E-state index in [1.54, 1.807) is 18.3 Å². The topological polar surface area (TPSA) is 67.6 Å². The van der Waals surface area contributed by atoms with Gasteiger partial charge in [-0.3, -0.25) is 4.98 Å². The van der Waals surface area contributed by atoms with Crippen molar-refractivity contribution in [2.24, 2.45) is 0 Å². The number of hydrogen-bond acceptors (Lipinski definition) is 5. The molecule has 0 radical (unpaired) electrons. The predicted molar refractivity (Wildman–Crippen MR) is 135 cm³/mol. The third kappa shape index (κ3) is 4.06. The molecule has 170 valence electrons. The highest BCUT2D eigenvalue weighted by atomic mass is 32.1. The molecule has 3 heterocycles. The maximum atomic E-state index is 11.8. The molecule has 0 unspecified atom stereocenters. The minimum absolute atomic E-state index is 0.185. The lowest BCUT2D eigenvalue weighted by molar-refractivity contribution is 0.0600. The van der Waals surface area contributed by atoms with Crippen molar-refractivity contribution in [1.29, 1.82) is 0 Å². The van der Waals surface area contributed by atoms with E-state index in [9.17, 15) is 4.79 Å². The number of hydrogen-bond donors (Lipinski definition) is 1. The van der Waals surface area contributed by atoms with E-state index in [1.807, 2.05) is 42.5 Å². The van der Waals surface area contributed by atoms with Gasteiger partial charge in [0.25, 0.3) is 0 Å². The Balaban J connectivity index is 1.54. The van der Waals surface area contributed by atoms with E-state index in [2.05, 4.69) is 46.4 Å². The molecule has 5 rings (SSSR count). The first-order valence-corrected chi connectivity index (χ1v) is 11.3. The molecule has 0 bridgehead atoms. The fraction of sp³-hybridized carbons (Fsp3) is 0.148. The van der Waals surface area contributed by atoms with Crippen LogP contribution in [0.25, 0.3) is 11.3 Å². The average molecular weight is 470 g/mol. The van der Waals surface area contributed by atoms with Gasteiger partial charge in [0.1, 0.15) is 17.6 Å². The smallest absolute Gasteiger partial charge is 0.337 e. The molecule has 7 heteroatoms. The van der Waals surface area contributed by atoms with Gasteiger partial charge in [0.05, 0.1) is 24.4 Å². The molecule has 1 aliphatic heterocycles. The highest BCUT2D eigenvalue weighted by Gasteiger charge is 2.42. The van der Waals surface area contributed by atoms with Gasteiger partial charge < -0.3 is 19.4 Å². The largest absolute Gasteiger partial charge is 0.465 e. The molecule has 0 amide bonds. The number of nitrogens with zero attached hydrogens (tertiary/aromatic N) is 2. The summed E-state index contributed by atoms with van der Waals surface area (Å²) in [6, 6.07) is 24.8. The molecule has 2 aromatic heterocycles. The van der Waals surface area contributed by atoms with Crippen LogP contribution < -0.4 is 10.2 Å². The summed E-state index contributed by atoms with van der Waals surface area (Å²) < 4.78 is 11.2. The molecule has 0 aliphatic carbocycles. The number of methoxy groups -OCH3 is 1. The molecule has 1 aliphatic rings. The Morgan fingerprint density at radius 2 is 1.79 bits per heavy atom. The van der Waals surface area contributed by atoms with Crippen molar-refractivity contribution in [3.05, 3.63) is 108 Å². The lowest BCUT2D eigenvalue weighted by atomic mass is 10.0.